The van der Waals surface area contributed by atoms with Crippen LogP contribution in [0, 0.1) is 0 Å². The Morgan fingerprint density at radius 1 is 0.439 bits per heavy atom. The van der Waals surface area contributed by atoms with E-state index in [1.165, 1.54) is 97.1 Å². The largest absolute Gasteiger partial charge is 0.507 e. The van der Waals surface area contributed by atoms with Crippen molar-refractivity contribution in [3.05, 3.63) is 121 Å². The number of fused-ring (bicyclic) bond motifs is 4. The van der Waals surface area contributed by atoms with Crippen LogP contribution in [0.15, 0.2) is 161 Å². The number of hydrogen-bond acceptors (Lipinski definition) is 15. The SMILES string of the molecule is O=C(Nc1ccc2c(O)c(N=Nc3ccc4cccc(S(=O)(=O)O)c4c3)c(S(=O)(=O)O)cc2c1)Nc1ccc2c(S(=O)(=O)O)c(N=Nc3ccc4c(S(=O)(=O)O)cccc4c3)cc(O)c2c1. The molecule has 0 aliphatic carbocycles. The van der Waals surface area contributed by atoms with E-state index in [9.17, 15) is 66.9 Å². The van der Waals surface area contributed by atoms with Crippen LogP contribution in [0.1, 0.15) is 0 Å². The number of anilines is 2. The fraction of sp³-hybridized carbons (Fsp3) is 0. The fourth-order valence-electron chi connectivity index (χ4n) is 7.07. The van der Waals surface area contributed by atoms with Crippen LogP contribution in [0.2, 0.25) is 0 Å². The first-order valence-electron chi connectivity index (χ1n) is 18.4. The van der Waals surface area contributed by atoms with Crippen LogP contribution in [0.4, 0.5) is 38.9 Å². The third-order valence-electron chi connectivity index (χ3n) is 9.89. The van der Waals surface area contributed by atoms with Crippen molar-refractivity contribution in [2.75, 3.05) is 10.6 Å². The molecular weight excluding hydrogens is 945 g/mol. The summed E-state index contributed by atoms with van der Waals surface area (Å²) in [6.45, 7) is 0. The molecule has 8 aromatic rings. The first-order valence-corrected chi connectivity index (χ1v) is 24.2. The number of nitrogens with one attached hydrogen (secondary N) is 2. The second kappa shape index (κ2) is 16.5. The van der Waals surface area contributed by atoms with Gasteiger partial charge in [-0.15, -0.1) is 10.2 Å². The summed E-state index contributed by atoms with van der Waals surface area (Å²) in [5.74, 6) is -1.28. The highest BCUT2D eigenvalue weighted by molar-refractivity contribution is 7.87. The second-order valence-electron chi connectivity index (χ2n) is 14.2. The molecular formula is C41H28N6O15S4. The Morgan fingerprint density at radius 3 is 1.65 bits per heavy atom. The maximum Gasteiger partial charge on any atom is 0.323 e. The minimum absolute atomic E-state index is 0.000410. The van der Waals surface area contributed by atoms with Gasteiger partial charge in [0.25, 0.3) is 40.5 Å². The van der Waals surface area contributed by atoms with Crippen molar-refractivity contribution in [3.8, 4) is 11.5 Å². The number of phenolic OH excluding ortho intramolecular Hbond substituents is 2. The summed E-state index contributed by atoms with van der Waals surface area (Å²) in [6.07, 6.45) is 0. The van der Waals surface area contributed by atoms with Crippen molar-refractivity contribution in [1.29, 1.82) is 0 Å². The maximum absolute atomic E-state index is 13.2. The molecule has 0 heterocycles. The third kappa shape index (κ3) is 9.08. The number of rotatable bonds is 10. The lowest BCUT2D eigenvalue weighted by molar-refractivity contribution is 0.262. The summed E-state index contributed by atoms with van der Waals surface area (Å²) < 4.78 is 137. The number of benzene rings is 8. The van der Waals surface area contributed by atoms with Gasteiger partial charge in [-0.3, -0.25) is 18.2 Å². The number of azo groups is 2. The highest BCUT2D eigenvalue weighted by Gasteiger charge is 2.25. The number of carbonyl (C=O) groups excluding carboxylic acids is 1. The van der Waals surface area contributed by atoms with E-state index in [0.717, 1.165) is 18.2 Å². The normalized spacial score (nSPS) is 12.8. The summed E-state index contributed by atoms with van der Waals surface area (Å²) in [7, 11) is -19.3. The van der Waals surface area contributed by atoms with Crippen LogP contribution in [0.5, 0.6) is 11.5 Å². The summed E-state index contributed by atoms with van der Waals surface area (Å²) >= 11 is 0. The summed E-state index contributed by atoms with van der Waals surface area (Å²) in [4.78, 5) is 10.8. The van der Waals surface area contributed by atoms with Crippen LogP contribution in [-0.2, 0) is 40.5 Å². The van der Waals surface area contributed by atoms with Gasteiger partial charge in [-0.2, -0.15) is 43.9 Å². The first kappa shape index (κ1) is 45.1. The summed E-state index contributed by atoms with van der Waals surface area (Å²) in [5.41, 5.74) is -1.02. The van der Waals surface area contributed by atoms with Crippen molar-refractivity contribution >= 4 is 124 Å². The second-order valence-corrected chi connectivity index (χ2v) is 19.7. The molecule has 8 N–H and O–H groups in total. The minimum Gasteiger partial charge on any atom is -0.507 e. The molecule has 25 heteroatoms. The van der Waals surface area contributed by atoms with Crippen LogP contribution >= 0.6 is 0 Å². The number of phenols is 2. The number of carbonyl (C=O) groups is 1. The van der Waals surface area contributed by atoms with Gasteiger partial charge in [0.15, 0.2) is 5.75 Å². The minimum atomic E-state index is -5.09. The van der Waals surface area contributed by atoms with Crippen LogP contribution in [-0.4, -0.2) is 68.1 Å². The molecule has 21 nitrogen and oxygen atoms in total. The smallest absolute Gasteiger partial charge is 0.323 e. The highest BCUT2D eigenvalue weighted by atomic mass is 32.2. The van der Waals surface area contributed by atoms with Gasteiger partial charge in [0.2, 0.25) is 0 Å². The number of amides is 2. The van der Waals surface area contributed by atoms with Crippen molar-refractivity contribution in [2.45, 2.75) is 19.6 Å². The van der Waals surface area contributed by atoms with Gasteiger partial charge in [-0.05, 0) is 89.0 Å². The fourth-order valence-corrected chi connectivity index (χ4v) is 9.97. The van der Waals surface area contributed by atoms with Crippen LogP contribution in [0.3, 0.4) is 0 Å². The van der Waals surface area contributed by atoms with Crippen LogP contribution < -0.4 is 10.6 Å². The topological polar surface area (TPSA) is 349 Å². The molecule has 8 rings (SSSR count). The maximum atomic E-state index is 13.2. The molecule has 0 aromatic heterocycles. The van der Waals surface area contributed by atoms with E-state index in [0.29, 0.717) is 10.8 Å². The Bertz CT molecular complexity index is 3940. The molecule has 0 aliphatic heterocycles. The molecule has 0 unspecified atom stereocenters. The lowest BCUT2D eigenvalue weighted by Gasteiger charge is -2.13. The van der Waals surface area contributed by atoms with E-state index in [4.69, 9.17) is 0 Å². The number of aromatic hydroxyl groups is 2. The molecule has 0 aliphatic rings. The number of hydrogen-bond donors (Lipinski definition) is 8. The van der Waals surface area contributed by atoms with Gasteiger partial charge in [0, 0.05) is 44.4 Å². The van der Waals surface area contributed by atoms with E-state index in [1.807, 2.05) is 0 Å². The van der Waals surface area contributed by atoms with E-state index >= 15 is 0 Å². The van der Waals surface area contributed by atoms with Gasteiger partial charge in [0.1, 0.15) is 36.7 Å². The molecule has 0 radical (unpaired) electrons. The van der Waals surface area contributed by atoms with Crippen molar-refractivity contribution in [1.82, 2.24) is 0 Å². The first-order chi connectivity index (χ1) is 31.0. The molecule has 336 valence electrons. The van der Waals surface area contributed by atoms with E-state index in [2.05, 4.69) is 31.1 Å². The van der Waals surface area contributed by atoms with Gasteiger partial charge >= 0.3 is 6.03 Å². The molecule has 0 spiro atoms. The quantitative estimate of drug-likeness (QED) is 0.0467. The Labute approximate surface area is 372 Å². The lowest BCUT2D eigenvalue weighted by atomic mass is 10.1. The monoisotopic (exact) mass is 972 g/mol. The van der Waals surface area contributed by atoms with Crippen LogP contribution in [0.25, 0.3) is 43.1 Å². The van der Waals surface area contributed by atoms with Gasteiger partial charge in [-0.25, -0.2) is 4.79 Å². The van der Waals surface area contributed by atoms with Gasteiger partial charge in [0.05, 0.1) is 11.4 Å². The molecule has 0 saturated carbocycles. The van der Waals surface area contributed by atoms with E-state index in [1.54, 1.807) is 6.07 Å². The summed E-state index contributed by atoms with van der Waals surface area (Å²) in [5, 5.41) is 43.4. The van der Waals surface area contributed by atoms with Crippen molar-refractivity contribution in [3.63, 3.8) is 0 Å². The predicted octanol–water partition coefficient (Wildman–Crippen LogP) is 9.17. The van der Waals surface area contributed by atoms with Gasteiger partial charge in [-0.1, -0.05) is 42.5 Å². The molecule has 0 saturated heterocycles. The number of urea groups is 1. The van der Waals surface area contributed by atoms with Crippen molar-refractivity contribution < 1.29 is 66.9 Å². The zero-order valence-corrected chi connectivity index (χ0v) is 36.1. The standard InChI is InChI=1S/C41H28N6O15S4/c48-34-20-33(46-44-26-11-12-28-22(15-26)4-2-5-35(28)63(51,52)53)40(66(60,61)62)30-14-10-25(18-32(30)34)43-41(50)42-24-9-13-29-23(16-24)17-37(65(57,58)59)38(39(29)49)47-45-27-8-7-21-3-1-6-36(31(21)19-27)64(54,55)56/h1-20,48-49H,(H2,42,43,50)(H,51,52,53)(H,54,55,56)(H,57,58,59)(H,60,61,62). The predicted molar refractivity (Wildman–Crippen MR) is 239 cm³/mol. The molecule has 2 amide bonds. The third-order valence-corrected chi connectivity index (χ3v) is 13.5. The average Bonchev–Trinajstić information content (AvgIpc) is 3.23. The van der Waals surface area contributed by atoms with Gasteiger partial charge < -0.3 is 20.8 Å². The molecule has 0 fully saturated rings. The zero-order chi connectivity index (χ0) is 47.5. The van der Waals surface area contributed by atoms with E-state index < -0.39 is 84.1 Å². The Hall–Kier alpha value is -7.49. The van der Waals surface area contributed by atoms with E-state index in [-0.39, 0.29) is 60.0 Å². The Balaban J connectivity index is 1.05. The molecule has 0 atom stereocenters. The zero-order valence-electron chi connectivity index (χ0n) is 32.8. The Morgan fingerprint density at radius 2 is 1.00 bits per heavy atom. The van der Waals surface area contributed by atoms with Crippen molar-refractivity contribution in [2.24, 2.45) is 20.5 Å². The molecule has 0 bridgehead atoms. The summed E-state index contributed by atoms with van der Waals surface area (Å²) in [6, 6.07) is 24.9. The average molecular weight is 973 g/mol. The number of nitrogens with zero attached hydrogens (tertiary/aromatic N) is 4. The lowest BCUT2D eigenvalue weighted by Crippen LogP contribution is -2.19. The molecule has 8 aromatic carbocycles. The highest BCUT2D eigenvalue weighted by Crippen LogP contribution is 2.43. The Kier molecular flexibility index (Phi) is 11.3. The molecule has 66 heavy (non-hydrogen) atoms.